The first-order valence-electron chi connectivity index (χ1n) is 9.82. The highest BCUT2D eigenvalue weighted by molar-refractivity contribution is 9.10. The SMILES string of the molecule is Cc1ccc(C)c(OCc2csc(C(=O)Nc3cccc(Cn4cc(Br)cn4)c3)c2)c1. The average Bonchev–Trinajstić information content (AvgIpc) is 3.38. The number of carbonyl (C=O) groups excluding carboxylic acids is 1. The first kappa shape index (κ1) is 21.3. The summed E-state index contributed by atoms with van der Waals surface area (Å²) in [7, 11) is 0. The van der Waals surface area contributed by atoms with Crippen molar-refractivity contribution in [2.45, 2.75) is 27.0 Å². The number of carbonyl (C=O) groups is 1. The molecule has 0 aliphatic heterocycles. The van der Waals surface area contributed by atoms with E-state index in [1.807, 2.05) is 66.5 Å². The second-order valence-electron chi connectivity index (χ2n) is 7.39. The Labute approximate surface area is 193 Å². The normalized spacial score (nSPS) is 10.8. The minimum absolute atomic E-state index is 0.123. The molecule has 2 aromatic carbocycles. The van der Waals surface area contributed by atoms with Crippen molar-refractivity contribution in [1.82, 2.24) is 9.78 Å². The number of thiophene rings is 1. The summed E-state index contributed by atoms with van der Waals surface area (Å²) in [6.45, 7) is 5.14. The van der Waals surface area contributed by atoms with Crippen molar-refractivity contribution >= 4 is 38.9 Å². The lowest BCUT2D eigenvalue weighted by molar-refractivity contribution is 0.103. The van der Waals surface area contributed by atoms with E-state index in [1.165, 1.54) is 11.3 Å². The van der Waals surface area contributed by atoms with Crippen molar-refractivity contribution in [2.75, 3.05) is 5.32 Å². The van der Waals surface area contributed by atoms with Crippen molar-refractivity contribution < 1.29 is 9.53 Å². The lowest BCUT2D eigenvalue weighted by atomic mass is 10.1. The Morgan fingerprint density at radius 3 is 2.84 bits per heavy atom. The smallest absolute Gasteiger partial charge is 0.265 e. The van der Waals surface area contributed by atoms with Gasteiger partial charge in [-0.15, -0.1) is 11.3 Å². The van der Waals surface area contributed by atoms with Gasteiger partial charge >= 0.3 is 0 Å². The van der Waals surface area contributed by atoms with Crippen LogP contribution >= 0.6 is 27.3 Å². The number of hydrogen-bond donors (Lipinski definition) is 1. The molecule has 4 aromatic rings. The van der Waals surface area contributed by atoms with Crippen LogP contribution in [0.4, 0.5) is 5.69 Å². The van der Waals surface area contributed by atoms with E-state index in [0.29, 0.717) is 18.0 Å². The van der Waals surface area contributed by atoms with Gasteiger partial charge in [0, 0.05) is 17.4 Å². The van der Waals surface area contributed by atoms with Gasteiger partial charge in [0.25, 0.3) is 5.91 Å². The quantitative estimate of drug-likeness (QED) is 0.331. The molecule has 0 aliphatic carbocycles. The summed E-state index contributed by atoms with van der Waals surface area (Å²) < 4.78 is 8.73. The number of aryl methyl sites for hydroxylation is 2. The van der Waals surface area contributed by atoms with Crippen LogP contribution in [0.1, 0.15) is 31.9 Å². The zero-order chi connectivity index (χ0) is 21.8. The van der Waals surface area contributed by atoms with E-state index in [1.54, 1.807) is 6.20 Å². The van der Waals surface area contributed by atoms with Crippen molar-refractivity contribution in [3.8, 4) is 5.75 Å². The summed E-state index contributed by atoms with van der Waals surface area (Å²) in [5, 5.41) is 9.22. The molecule has 1 amide bonds. The molecule has 5 nitrogen and oxygen atoms in total. The van der Waals surface area contributed by atoms with Crippen LogP contribution < -0.4 is 10.1 Å². The monoisotopic (exact) mass is 495 g/mol. The fourth-order valence-electron chi connectivity index (χ4n) is 3.15. The van der Waals surface area contributed by atoms with Crippen molar-refractivity contribution in [2.24, 2.45) is 0 Å². The third-order valence-corrected chi connectivity index (χ3v) is 6.13. The fourth-order valence-corrected chi connectivity index (χ4v) is 4.27. The van der Waals surface area contributed by atoms with Crippen molar-refractivity contribution in [3.05, 3.63) is 97.9 Å². The molecular weight excluding hydrogens is 474 g/mol. The van der Waals surface area contributed by atoms with Gasteiger partial charge in [-0.05, 0) is 76.1 Å². The minimum atomic E-state index is -0.123. The van der Waals surface area contributed by atoms with Crippen LogP contribution in [-0.4, -0.2) is 15.7 Å². The van der Waals surface area contributed by atoms with Gasteiger partial charge in [-0.3, -0.25) is 9.48 Å². The molecule has 4 rings (SSSR count). The number of anilines is 1. The van der Waals surface area contributed by atoms with Crippen LogP contribution in [0.15, 0.2) is 70.8 Å². The van der Waals surface area contributed by atoms with Gasteiger partial charge in [-0.1, -0.05) is 24.3 Å². The van der Waals surface area contributed by atoms with E-state index >= 15 is 0 Å². The first-order valence-corrected chi connectivity index (χ1v) is 11.5. The number of rotatable bonds is 7. The molecule has 2 aromatic heterocycles. The Bertz CT molecular complexity index is 1220. The zero-order valence-electron chi connectivity index (χ0n) is 17.3. The number of halogens is 1. The van der Waals surface area contributed by atoms with Crippen LogP contribution in [-0.2, 0) is 13.2 Å². The van der Waals surface area contributed by atoms with E-state index in [0.717, 1.165) is 38.2 Å². The minimum Gasteiger partial charge on any atom is -0.489 e. The maximum Gasteiger partial charge on any atom is 0.265 e. The number of nitrogens with zero attached hydrogens (tertiary/aromatic N) is 2. The summed E-state index contributed by atoms with van der Waals surface area (Å²) in [6, 6.07) is 15.8. The Kier molecular flexibility index (Phi) is 6.53. The molecule has 0 unspecified atom stereocenters. The summed E-state index contributed by atoms with van der Waals surface area (Å²) >= 11 is 4.82. The zero-order valence-corrected chi connectivity index (χ0v) is 19.7. The first-order chi connectivity index (χ1) is 15.0. The summed E-state index contributed by atoms with van der Waals surface area (Å²) in [6.07, 6.45) is 3.67. The molecule has 0 saturated carbocycles. The Morgan fingerprint density at radius 1 is 1.16 bits per heavy atom. The van der Waals surface area contributed by atoms with E-state index in [9.17, 15) is 4.79 Å². The third-order valence-electron chi connectivity index (χ3n) is 4.75. The molecule has 1 N–H and O–H groups in total. The number of ether oxygens (including phenoxy) is 1. The lowest BCUT2D eigenvalue weighted by Gasteiger charge is -2.09. The number of hydrogen-bond acceptors (Lipinski definition) is 4. The van der Waals surface area contributed by atoms with Crippen LogP contribution in [0.3, 0.4) is 0 Å². The van der Waals surface area contributed by atoms with E-state index in [4.69, 9.17) is 4.74 Å². The Balaban J connectivity index is 1.37. The standard InChI is InChI=1S/C24H22BrN3O2S/c1-16-6-7-17(2)22(8-16)30-14-19-10-23(31-15-19)24(29)27-21-5-3-4-18(9-21)12-28-13-20(25)11-26-28/h3-11,13,15H,12,14H2,1-2H3,(H,27,29). The van der Waals surface area contributed by atoms with E-state index in [-0.39, 0.29) is 5.91 Å². The molecule has 0 fully saturated rings. The second-order valence-corrected chi connectivity index (χ2v) is 9.21. The predicted octanol–water partition coefficient (Wildman–Crippen LogP) is 6.20. The molecule has 0 radical (unpaired) electrons. The van der Waals surface area contributed by atoms with Gasteiger partial charge in [0.2, 0.25) is 0 Å². The highest BCUT2D eigenvalue weighted by Crippen LogP contribution is 2.23. The molecule has 0 aliphatic rings. The van der Waals surface area contributed by atoms with Crippen LogP contribution in [0.2, 0.25) is 0 Å². The maximum atomic E-state index is 12.7. The van der Waals surface area contributed by atoms with Gasteiger partial charge in [0.15, 0.2) is 0 Å². The molecule has 0 spiro atoms. The Hall–Kier alpha value is -2.90. The van der Waals surface area contributed by atoms with Crippen molar-refractivity contribution in [1.29, 1.82) is 0 Å². The van der Waals surface area contributed by atoms with E-state index in [2.05, 4.69) is 38.5 Å². The topological polar surface area (TPSA) is 56.1 Å². The highest BCUT2D eigenvalue weighted by Gasteiger charge is 2.11. The number of amides is 1. The van der Waals surface area contributed by atoms with Crippen LogP contribution in [0.25, 0.3) is 0 Å². The summed E-state index contributed by atoms with van der Waals surface area (Å²) in [5.74, 6) is 0.750. The number of aromatic nitrogens is 2. The number of benzene rings is 2. The second kappa shape index (κ2) is 9.49. The molecule has 7 heteroatoms. The largest absolute Gasteiger partial charge is 0.489 e. The Morgan fingerprint density at radius 2 is 2.03 bits per heavy atom. The molecule has 0 bridgehead atoms. The summed E-state index contributed by atoms with van der Waals surface area (Å²) in [4.78, 5) is 13.4. The molecule has 158 valence electrons. The van der Waals surface area contributed by atoms with Gasteiger partial charge in [-0.25, -0.2) is 0 Å². The molecule has 2 heterocycles. The molecular formula is C24H22BrN3O2S. The maximum absolute atomic E-state index is 12.7. The molecule has 0 atom stereocenters. The molecule has 31 heavy (non-hydrogen) atoms. The summed E-state index contributed by atoms with van der Waals surface area (Å²) in [5.41, 5.74) is 5.06. The average molecular weight is 496 g/mol. The highest BCUT2D eigenvalue weighted by atomic mass is 79.9. The van der Waals surface area contributed by atoms with Gasteiger partial charge in [-0.2, -0.15) is 5.10 Å². The van der Waals surface area contributed by atoms with E-state index < -0.39 is 0 Å². The third kappa shape index (κ3) is 5.62. The predicted molar refractivity (Wildman–Crippen MR) is 128 cm³/mol. The van der Waals surface area contributed by atoms with Gasteiger partial charge < -0.3 is 10.1 Å². The van der Waals surface area contributed by atoms with Gasteiger partial charge in [0.1, 0.15) is 12.4 Å². The fraction of sp³-hybridized carbons (Fsp3) is 0.167. The van der Waals surface area contributed by atoms with Crippen molar-refractivity contribution in [3.63, 3.8) is 0 Å². The number of nitrogens with one attached hydrogen (secondary N) is 1. The molecule has 0 saturated heterocycles. The van der Waals surface area contributed by atoms with Crippen LogP contribution in [0, 0.1) is 13.8 Å². The van der Waals surface area contributed by atoms with Crippen LogP contribution in [0.5, 0.6) is 5.75 Å². The lowest BCUT2D eigenvalue weighted by Crippen LogP contribution is -2.10. The van der Waals surface area contributed by atoms with Gasteiger partial charge in [0.05, 0.1) is 22.1 Å².